The monoisotopic (exact) mass is 396 g/mol. The van der Waals surface area contributed by atoms with Crippen LogP contribution in [0.4, 0.5) is 0 Å². The molecule has 0 rings (SSSR count). The maximum atomic E-state index is 5.47. The van der Waals surface area contributed by atoms with Gasteiger partial charge in [-0.05, 0) is 51.6 Å². The summed E-state index contributed by atoms with van der Waals surface area (Å²) in [4.78, 5) is 0. The van der Waals surface area contributed by atoms with Crippen LogP contribution in [-0.2, 0) is 0 Å². The second-order valence-electron chi connectivity index (χ2n) is 8.28. The van der Waals surface area contributed by atoms with Crippen LogP contribution in [0.2, 0.25) is 0 Å². The molecule has 28 heavy (non-hydrogen) atoms. The highest BCUT2D eigenvalue weighted by molar-refractivity contribution is 4.81. The Hall–Kier alpha value is -0.340. The minimum absolute atomic E-state index is 0.862. The molecule has 0 aliphatic rings. The molecular formula is C26H56N2. The topological polar surface area (TPSA) is 52.0 Å². The van der Waals surface area contributed by atoms with E-state index in [0.29, 0.717) is 0 Å². The fraction of sp³-hybridized carbons (Fsp3) is 0.923. The van der Waals surface area contributed by atoms with E-state index in [0.717, 1.165) is 13.1 Å². The van der Waals surface area contributed by atoms with E-state index in [2.05, 4.69) is 26.0 Å². The molecule has 170 valence electrons. The van der Waals surface area contributed by atoms with Crippen molar-refractivity contribution in [2.75, 3.05) is 13.1 Å². The van der Waals surface area contributed by atoms with Gasteiger partial charge in [-0.3, -0.25) is 0 Å². The third kappa shape index (κ3) is 33.3. The number of allylic oxidation sites excluding steroid dienone is 2. The van der Waals surface area contributed by atoms with Crippen LogP contribution < -0.4 is 11.5 Å². The summed E-state index contributed by atoms with van der Waals surface area (Å²) >= 11 is 0. The lowest BCUT2D eigenvalue weighted by Crippen LogP contribution is -1.97. The Kier molecular flexibility index (Phi) is 33.4. The van der Waals surface area contributed by atoms with Gasteiger partial charge in [0.25, 0.3) is 0 Å². The summed E-state index contributed by atoms with van der Waals surface area (Å²) in [7, 11) is 0. The molecule has 0 bridgehead atoms. The second kappa shape index (κ2) is 31.4. The molecule has 0 heterocycles. The zero-order valence-electron chi connectivity index (χ0n) is 19.9. The molecular weight excluding hydrogens is 340 g/mol. The Labute approximate surface area is 179 Å². The number of nitrogens with two attached hydrogens (primary N) is 2. The first kappa shape index (κ1) is 29.9. The zero-order valence-corrected chi connectivity index (χ0v) is 19.9. The summed E-state index contributed by atoms with van der Waals surface area (Å²) in [5.41, 5.74) is 10.8. The van der Waals surface area contributed by atoms with Gasteiger partial charge in [-0.25, -0.2) is 0 Å². The lowest BCUT2D eigenvalue weighted by atomic mass is 10.1. The number of hydrogen-bond donors (Lipinski definition) is 2. The van der Waals surface area contributed by atoms with Crippen LogP contribution in [0.3, 0.4) is 0 Å². The van der Waals surface area contributed by atoms with Crippen LogP contribution in [0.1, 0.15) is 142 Å². The van der Waals surface area contributed by atoms with Crippen LogP contribution in [0.15, 0.2) is 12.2 Å². The van der Waals surface area contributed by atoms with Gasteiger partial charge in [0, 0.05) is 0 Å². The van der Waals surface area contributed by atoms with Gasteiger partial charge in [0.1, 0.15) is 0 Å². The van der Waals surface area contributed by atoms with Crippen LogP contribution >= 0.6 is 0 Å². The molecule has 0 unspecified atom stereocenters. The molecule has 0 saturated carbocycles. The van der Waals surface area contributed by atoms with Crippen molar-refractivity contribution in [3.63, 3.8) is 0 Å². The first-order valence-electron chi connectivity index (χ1n) is 12.9. The quantitative estimate of drug-likeness (QED) is 0.151. The van der Waals surface area contributed by atoms with Gasteiger partial charge in [-0.2, -0.15) is 0 Å². The summed E-state index contributed by atoms with van der Waals surface area (Å²) in [6, 6.07) is 0. The Morgan fingerprint density at radius 1 is 0.393 bits per heavy atom. The third-order valence-electron chi connectivity index (χ3n) is 5.27. The molecule has 0 atom stereocenters. The number of unbranched alkanes of at least 4 members (excludes halogenated alkanes) is 17. The highest BCUT2D eigenvalue weighted by Gasteiger charge is 1.90. The van der Waals surface area contributed by atoms with E-state index in [-0.39, 0.29) is 0 Å². The molecule has 0 radical (unpaired) electrons. The van der Waals surface area contributed by atoms with E-state index in [4.69, 9.17) is 11.5 Å². The Morgan fingerprint density at radius 3 is 1.00 bits per heavy atom. The van der Waals surface area contributed by atoms with Crippen molar-refractivity contribution < 1.29 is 0 Å². The van der Waals surface area contributed by atoms with E-state index in [1.54, 1.807) is 0 Å². The minimum Gasteiger partial charge on any atom is -0.330 e. The summed E-state index contributed by atoms with van der Waals surface area (Å²) in [5, 5.41) is 0. The second-order valence-corrected chi connectivity index (χ2v) is 8.28. The molecule has 2 nitrogen and oxygen atoms in total. The Bertz CT molecular complexity index is 257. The normalized spacial score (nSPS) is 11.0. The van der Waals surface area contributed by atoms with Crippen molar-refractivity contribution in [1.82, 2.24) is 0 Å². The fourth-order valence-electron chi connectivity index (χ4n) is 3.32. The van der Waals surface area contributed by atoms with Gasteiger partial charge in [0.2, 0.25) is 0 Å². The highest BCUT2D eigenvalue weighted by atomic mass is 14.5. The van der Waals surface area contributed by atoms with Crippen molar-refractivity contribution in [2.45, 2.75) is 142 Å². The van der Waals surface area contributed by atoms with Gasteiger partial charge in [0.05, 0.1) is 0 Å². The molecule has 0 aromatic heterocycles. The van der Waals surface area contributed by atoms with E-state index in [1.807, 2.05) is 0 Å². The first-order chi connectivity index (χ1) is 13.8. The van der Waals surface area contributed by atoms with Gasteiger partial charge in [-0.1, -0.05) is 116 Å². The van der Waals surface area contributed by atoms with E-state index >= 15 is 0 Å². The van der Waals surface area contributed by atoms with Gasteiger partial charge >= 0.3 is 0 Å². The standard InChI is InChI=1S/C18H37N.C8H19N/c1-2-3-4-5-6-7-8-9-10-11-12-13-14-15-16-17-18-19;1-2-3-4-5-6-7-8-9/h9-10H,2-8,11-19H2,1H3;2-9H2,1H3/b10-9-;. The van der Waals surface area contributed by atoms with E-state index in [1.165, 1.54) is 128 Å². The summed E-state index contributed by atoms with van der Waals surface area (Å²) in [5.74, 6) is 0. The summed E-state index contributed by atoms with van der Waals surface area (Å²) in [6.07, 6.45) is 31.9. The number of rotatable bonds is 21. The molecule has 0 aromatic carbocycles. The van der Waals surface area contributed by atoms with Crippen LogP contribution in [-0.4, -0.2) is 13.1 Å². The van der Waals surface area contributed by atoms with Crippen molar-refractivity contribution in [2.24, 2.45) is 11.5 Å². The van der Waals surface area contributed by atoms with Crippen LogP contribution in [0.5, 0.6) is 0 Å². The predicted molar refractivity (Wildman–Crippen MR) is 131 cm³/mol. The molecule has 4 N–H and O–H groups in total. The van der Waals surface area contributed by atoms with E-state index in [9.17, 15) is 0 Å². The summed E-state index contributed by atoms with van der Waals surface area (Å²) < 4.78 is 0. The molecule has 0 fully saturated rings. The Balaban J connectivity index is 0. The van der Waals surface area contributed by atoms with E-state index < -0.39 is 0 Å². The smallest absolute Gasteiger partial charge is 0.00773 e. The average molecular weight is 397 g/mol. The van der Waals surface area contributed by atoms with Crippen molar-refractivity contribution in [3.8, 4) is 0 Å². The number of hydrogen-bond acceptors (Lipinski definition) is 2. The highest BCUT2D eigenvalue weighted by Crippen LogP contribution is 2.09. The molecule has 0 aliphatic carbocycles. The molecule has 0 aliphatic heterocycles. The van der Waals surface area contributed by atoms with Gasteiger partial charge in [0.15, 0.2) is 0 Å². The Morgan fingerprint density at radius 2 is 0.679 bits per heavy atom. The van der Waals surface area contributed by atoms with Crippen LogP contribution in [0, 0.1) is 0 Å². The molecule has 0 amide bonds. The summed E-state index contributed by atoms with van der Waals surface area (Å²) in [6.45, 7) is 6.25. The molecule has 2 heteroatoms. The minimum atomic E-state index is 0.862. The molecule has 0 spiro atoms. The maximum absolute atomic E-state index is 5.47. The molecule has 0 aromatic rings. The fourth-order valence-corrected chi connectivity index (χ4v) is 3.32. The zero-order chi connectivity index (χ0) is 21.0. The maximum Gasteiger partial charge on any atom is -0.00773 e. The van der Waals surface area contributed by atoms with Crippen molar-refractivity contribution >= 4 is 0 Å². The predicted octanol–water partition coefficient (Wildman–Crippen LogP) is 8.29. The third-order valence-corrected chi connectivity index (χ3v) is 5.27. The average Bonchev–Trinajstić information content (AvgIpc) is 2.71. The van der Waals surface area contributed by atoms with Gasteiger partial charge < -0.3 is 11.5 Å². The first-order valence-corrected chi connectivity index (χ1v) is 12.9. The van der Waals surface area contributed by atoms with Crippen molar-refractivity contribution in [3.05, 3.63) is 12.2 Å². The SMILES string of the molecule is CCCCCCCC/C=C\CCCCCCCCN.CCCCCCCCN. The lowest BCUT2D eigenvalue weighted by Gasteiger charge is -1.99. The van der Waals surface area contributed by atoms with Gasteiger partial charge in [-0.15, -0.1) is 0 Å². The largest absolute Gasteiger partial charge is 0.330 e. The molecule has 0 saturated heterocycles. The lowest BCUT2D eigenvalue weighted by molar-refractivity contribution is 0.599. The van der Waals surface area contributed by atoms with Crippen LogP contribution in [0.25, 0.3) is 0 Å². The van der Waals surface area contributed by atoms with Crippen molar-refractivity contribution in [1.29, 1.82) is 0 Å².